The molecule has 9 heteroatoms. The largest absolute Gasteiger partial charge is 0.481 e. The predicted octanol–water partition coefficient (Wildman–Crippen LogP) is 0.531. The zero-order chi connectivity index (χ0) is 15.8. The topological polar surface area (TPSA) is 151 Å². The van der Waals surface area contributed by atoms with Gasteiger partial charge in [-0.25, -0.2) is 18.4 Å². The number of carboxylic acids is 2. The molecule has 0 unspecified atom stereocenters. The monoisotopic (exact) mass is 312 g/mol. The van der Waals surface area contributed by atoms with E-state index in [0.717, 1.165) is 0 Å². The van der Waals surface area contributed by atoms with Crippen LogP contribution in [0.3, 0.4) is 0 Å². The van der Waals surface area contributed by atoms with E-state index in [9.17, 15) is 18.0 Å². The molecular formula is C12H12N2O6S. The maximum atomic E-state index is 11.4. The summed E-state index contributed by atoms with van der Waals surface area (Å²) in [4.78, 5) is 24.3. The van der Waals surface area contributed by atoms with Gasteiger partial charge in [0.2, 0.25) is 10.0 Å². The van der Waals surface area contributed by atoms with Crippen LogP contribution in [0.15, 0.2) is 23.1 Å². The minimum atomic E-state index is -3.93. The lowest BCUT2D eigenvalue weighted by Gasteiger charge is -2.01. The van der Waals surface area contributed by atoms with Crippen molar-refractivity contribution in [1.29, 1.82) is 0 Å². The maximum Gasteiger partial charge on any atom is 0.352 e. The lowest BCUT2D eigenvalue weighted by atomic mass is 10.1. The third-order valence-electron chi connectivity index (χ3n) is 3.01. The summed E-state index contributed by atoms with van der Waals surface area (Å²) in [5.41, 5.74) is 0.489. The summed E-state index contributed by atoms with van der Waals surface area (Å²) >= 11 is 0. The number of carboxylic acid groups (broad SMARTS) is 2. The van der Waals surface area contributed by atoms with Gasteiger partial charge in [-0.2, -0.15) is 0 Å². The van der Waals surface area contributed by atoms with Crippen LogP contribution >= 0.6 is 0 Å². The van der Waals surface area contributed by atoms with Gasteiger partial charge in [0, 0.05) is 17.3 Å². The van der Waals surface area contributed by atoms with E-state index >= 15 is 0 Å². The van der Waals surface area contributed by atoms with E-state index in [1.807, 2.05) is 0 Å². The highest BCUT2D eigenvalue weighted by Crippen LogP contribution is 2.26. The molecule has 8 nitrogen and oxygen atoms in total. The van der Waals surface area contributed by atoms with Crippen molar-refractivity contribution in [1.82, 2.24) is 4.98 Å². The third-order valence-corrected chi connectivity index (χ3v) is 3.92. The Hall–Kier alpha value is -2.39. The Morgan fingerprint density at radius 2 is 1.90 bits per heavy atom. The van der Waals surface area contributed by atoms with E-state index in [1.165, 1.54) is 18.2 Å². The first-order valence-corrected chi connectivity index (χ1v) is 7.37. The number of hydrogen-bond donors (Lipinski definition) is 4. The lowest BCUT2D eigenvalue weighted by Crippen LogP contribution is -2.11. The van der Waals surface area contributed by atoms with Crippen molar-refractivity contribution < 1.29 is 28.2 Å². The molecule has 0 saturated heterocycles. The van der Waals surface area contributed by atoms with Crippen LogP contribution in [0.4, 0.5) is 0 Å². The van der Waals surface area contributed by atoms with Gasteiger partial charge in [-0.3, -0.25) is 4.79 Å². The first kappa shape index (κ1) is 15.0. The first-order valence-electron chi connectivity index (χ1n) is 5.82. The molecule has 0 atom stereocenters. The number of aryl methyl sites for hydroxylation is 1. The van der Waals surface area contributed by atoms with Gasteiger partial charge < -0.3 is 15.2 Å². The Kier molecular flexibility index (Phi) is 3.71. The number of primary sulfonamides is 1. The fourth-order valence-corrected chi connectivity index (χ4v) is 2.62. The van der Waals surface area contributed by atoms with E-state index in [-0.39, 0.29) is 29.0 Å². The van der Waals surface area contributed by atoms with Crippen LogP contribution in [0.5, 0.6) is 0 Å². The van der Waals surface area contributed by atoms with Crippen LogP contribution in [0.2, 0.25) is 0 Å². The number of H-pyrrole nitrogens is 1. The molecule has 1 heterocycles. The molecular weight excluding hydrogens is 300 g/mol. The molecule has 21 heavy (non-hydrogen) atoms. The SMILES string of the molecule is NS(=O)(=O)c1ccc2[nH]c(C(=O)O)c(CCC(=O)O)c2c1. The second-order valence-corrected chi connectivity index (χ2v) is 5.99. The number of fused-ring (bicyclic) bond motifs is 1. The van der Waals surface area contributed by atoms with E-state index in [1.54, 1.807) is 0 Å². The van der Waals surface area contributed by atoms with Gasteiger partial charge in [0.05, 0.1) is 4.90 Å². The average molecular weight is 312 g/mol. The zero-order valence-corrected chi connectivity index (χ0v) is 11.5. The number of hydrogen-bond acceptors (Lipinski definition) is 4. The number of aromatic carboxylic acids is 1. The first-order chi connectivity index (χ1) is 9.70. The van der Waals surface area contributed by atoms with Gasteiger partial charge in [0.15, 0.2) is 0 Å². The molecule has 2 rings (SSSR count). The lowest BCUT2D eigenvalue weighted by molar-refractivity contribution is -0.136. The Bertz CT molecular complexity index is 837. The molecule has 0 aliphatic heterocycles. The summed E-state index contributed by atoms with van der Waals surface area (Å²) in [5.74, 6) is -2.33. The van der Waals surface area contributed by atoms with E-state index < -0.39 is 22.0 Å². The fourth-order valence-electron chi connectivity index (χ4n) is 2.08. The van der Waals surface area contributed by atoms with Crippen molar-refractivity contribution in [3.05, 3.63) is 29.5 Å². The molecule has 0 radical (unpaired) electrons. The molecule has 1 aromatic heterocycles. The number of rotatable bonds is 5. The molecule has 1 aromatic carbocycles. The summed E-state index contributed by atoms with van der Waals surface area (Å²) in [5, 5.41) is 23.2. The number of sulfonamides is 1. The van der Waals surface area contributed by atoms with Crippen molar-refractivity contribution >= 4 is 32.9 Å². The number of aliphatic carboxylic acids is 1. The molecule has 0 spiro atoms. The van der Waals surface area contributed by atoms with Crippen LogP contribution in [0.1, 0.15) is 22.5 Å². The summed E-state index contributed by atoms with van der Waals surface area (Å²) < 4.78 is 22.7. The van der Waals surface area contributed by atoms with Crippen molar-refractivity contribution in [2.45, 2.75) is 17.7 Å². The number of aromatic amines is 1. The number of nitrogens with two attached hydrogens (primary N) is 1. The van der Waals surface area contributed by atoms with Crippen LogP contribution in [-0.4, -0.2) is 35.6 Å². The van der Waals surface area contributed by atoms with E-state index in [0.29, 0.717) is 10.9 Å². The molecule has 2 aromatic rings. The third kappa shape index (κ3) is 3.03. The van der Waals surface area contributed by atoms with Crippen LogP contribution in [0, 0.1) is 0 Å². The van der Waals surface area contributed by atoms with Gasteiger partial charge in [-0.1, -0.05) is 0 Å². The highest BCUT2D eigenvalue weighted by molar-refractivity contribution is 7.89. The van der Waals surface area contributed by atoms with Crippen molar-refractivity contribution in [2.24, 2.45) is 5.14 Å². The smallest absolute Gasteiger partial charge is 0.352 e. The molecule has 0 fully saturated rings. The summed E-state index contributed by atoms with van der Waals surface area (Å²) in [6.07, 6.45) is -0.308. The molecule has 0 saturated carbocycles. The molecule has 5 N–H and O–H groups in total. The summed E-state index contributed by atoms with van der Waals surface area (Å²) in [7, 11) is -3.93. The van der Waals surface area contributed by atoms with Crippen LogP contribution in [-0.2, 0) is 21.2 Å². The van der Waals surface area contributed by atoms with Crippen LogP contribution in [0.25, 0.3) is 10.9 Å². The Balaban J connectivity index is 2.67. The Labute approximate surface area is 119 Å². The fraction of sp³-hybridized carbons (Fsp3) is 0.167. The van der Waals surface area contributed by atoms with Crippen molar-refractivity contribution in [2.75, 3.05) is 0 Å². The molecule has 0 aliphatic carbocycles. The van der Waals surface area contributed by atoms with Gasteiger partial charge in [-0.15, -0.1) is 0 Å². The second kappa shape index (κ2) is 5.19. The number of benzene rings is 1. The Morgan fingerprint density at radius 1 is 1.24 bits per heavy atom. The van der Waals surface area contributed by atoms with Gasteiger partial charge >= 0.3 is 11.9 Å². The Morgan fingerprint density at radius 3 is 2.43 bits per heavy atom. The predicted molar refractivity (Wildman–Crippen MR) is 72.6 cm³/mol. The van der Waals surface area contributed by atoms with Crippen LogP contribution < -0.4 is 5.14 Å². The van der Waals surface area contributed by atoms with Crippen molar-refractivity contribution in [3.63, 3.8) is 0 Å². The van der Waals surface area contributed by atoms with E-state index in [2.05, 4.69) is 4.98 Å². The minimum Gasteiger partial charge on any atom is -0.481 e. The number of nitrogens with one attached hydrogen (secondary N) is 1. The summed E-state index contributed by atoms with van der Waals surface area (Å²) in [6, 6.07) is 3.89. The normalized spacial score (nSPS) is 11.7. The summed E-state index contributed by atoms with van der Waals surface area (Å²) in [6.45, 7) is 0. The second-order valence-electron chi connectivity index (χ2n) is 4.43. The highest BCUT2D eigenvalue weighted by atomic mass is 32.2. The van der Waals surface area contributed by atoms with Crippen molar-refractivity contribution in [3.8, 4) is 0 Å². The van der Waals surface area contributed by atoms with E-state index in [4.69, 9.17) is 15.4 Å². The zero-order valence-electron chi connectivity index (χ0n) is 10.7. The average Bonchev–Trinajstić information content (AvgIpc) is 2.73. The van der Waals surface area contributed by atoms with Gasteiger partial charge in [0.25, 0.3) is 0 Å². The molecule has 0 bridgehead atoms. The highest BCUT2D eigenvalue weighted by Gasteiger charge is 2.19. The standard InChI is InChI=1S/C12H12N2O6S/c13-21(19,20)6-1-3-9-8(5-6)7(2-4-10(15)16)11(14-9)12(17)18/h1,3,5,14H,2,4H2,(H,15,16)(H,17,18)(H2,13,19,20). The number of carbonyl (C=O) groups is 2. The molecule has 112 valence electrons. The quantitative estimate of drug-likeness (QED) is 0.632. The van der Waals surface area contributed by atoms with Gasteiger partial charge in [0.1, 0.15) is 5.69 Å². The minimum absolute atomic E-state index is 0.0367. The van der Waals surface area contributed by atoms with Gasteiger partial charge in [-0.05, 0) is 30.2 Å². The maximum absolute atomic E-state index is 11.4. The number of aromatic nitrogens is 1. The molecule has 0 amide bonds. The molecule has 0 aliphatic rings.